The van der Waals surface area contributed by atoms with E-state index < -0.39 is 22.8 Å². The van der Waals surface area contributed by atoms with Gasteiger partial charge < -0.3 is 10.4 Å². The summed E-state index contributed by atoms with van der Waals surface area (Å²) in [5.41, 5.74) is 0.761. The molecule has 0 aromatic heterocycles. The van der Waals surface area contributed by atoms with Gasteiger partial charge >= 0.3 is 5.97 Å². The number of amides is 1. The van der Waals surface area contributed by atoms with Crippen molar-refractivity contribution in [3.05, 3.63) is 51.6 Å². The number of non-ortho nitro benzene ring substituents is 1. The lowest BCUT2D eigenvalue weighted by atomic mass is 10.1. The molecule has 7 nitrogen and oxygen atoms in total. The largest absolute Gasteiger partial charge is 0.480 e. The first kappa shape index (κ1) is 16.4. The molecule has 1 atom stereocenters. The SMILES string of the molecule is CC(C)=CC[C@@H](NC(=O)c1cccc([N+](=O)[O-])c1)C(=O)O. The van der Waals surface area contributed by atoms with Gasteiger partial charge in [-0.1, -0.05) is 17.7 Å². The van der Waals surface area contributed by atoms with E-state index in [-0.39, 0.29) is 17.7 Å². The number of nitro groups is 1. The molecule has 0 heterocycles. The molecule has 1 aromatic carbocycles. The monoisotopic (exact) mass is 292 g/mol. The predicted octanol–water partition coefficient (Wildman–Crippen LogP) is 2.13. The molecule has 1 rings (SSSR count). The van der Waals surface area contributed by atoms with Crippen molar-refractivity contribution in [3.63, 3.8) is 0 Å². The van der Waals surface area contributed by atoms with Gasteiger partial charge in [0.05, 0.1) is 4.92 Å². The lowest BCUT2D eigenvalue weighted by molar-refractivity contribution is -0.384. The summed E-state index contributed by atoms with van der Waals surface area (Å²) >= 11 is 0. The third-order valence-electron chi connectivity index (χ3n) is 2.68. The lowest BCUT2D eigenvalue weighted by Crippen LogP contribution is -2.40. The van der Waals surface area contributed by atoms with E-state index in [0.717, 1.165) is 11.6 Å². The number of nitrogens with zero attached hydrogens (tertiary/aromatic N) is 1. The van der Waals surface area contributed by atoms with Gasteiger partial charge in [-0.3, -0.25) is 14.9 Å². The second kappa shape index (κ2) is 7.18. The molecule has 0 saturated carbocycles. The molecule has 0 radical (unpaired) electrons. The number of nitrogens with one attached hydrogen (secondary N) is 1. The summed E-state index contributed by atoms with van der Waals surface area (Å²) in [6, 6.07) is 4.05. The number of aliphatic carboxylic acids is 1. The second-order valence-corrected chi connectivity index (χ2v) is 4.69. The molecule has 7 heteroatoms. The average Bonchev–Trinajstić information content (AvgIpc) is 2.42. The molecule has 0 spiro atoms. The van der Waals surface area contributed by atoms with E-state index in [0.29, 0.717) is 0 Å². The third-order valence-corrected chi connectivity index (χ3v) is 2.68. The van der Waals surface area contributed by atoms with Gasteiger partial charge in [-0.25, -0.2) is 4.79 Å². The summed E-state index contributed by atoms with van der Waals surface area (Å²) in [5.74, 6) is -1.82. The van der Waals surface area contributed by atoms with Crippen LogP contribution in [0.3, 0.4) is 0 Å². The fourth-order valence-electron chi connectivity index (χ4n) is 1.58. The molecule has 0 unspecified atom stereocenters. The average molecular weight is 292 g/mol. The van der Waals surface area contributed by atoms with Crippen LogP contribution >= 0.6 is 0 Å². The van der Waals surface area contributed by atoms with E-state index in [1.807, 2.05) is 13.8 Å². The first-order valence-corrected chi connectivity index (χ1v) is 6.22. The number of nitro benzene ring substituents is 1. The number of carbonyl (C=O) groups excluding carboxylic acids is 1. The molecule has 1 aromatic rings. The first-order chi connectivity index (χ1) is 9.81. The van der Waals surface area contributed by atoms with Gasteiger partial charge in [-0.05, 0) is 26.3 Å². The Morgan fingerprint density at radius 2 is 2.10 bits per heavy atom. The van der Waals surface area contributed by atoms with Crippen molar-refractivity contribution in [2.45, 2.75) is 26.3 Å². The van der Waals surface area contributed by atoms with Crippen LogP contribution in [0.25, 0.3) is 0 Å². The fourth-order valence-corrected chi connectivity index (χ4v) is 1.58. The number of rotatable bonds is 6. The Hall–Kier alpha value is -2.70. The van der Waals surface area contributed by atoms with Crippen LogP contribution in [0.4, 0.5) is 5.69 Å². The summed E-state index contributed by atoms with van der Waals surface area (Å²) in [4.78, 5) is 33.1. The van der Waals surface area contributed by atoms with Crippen molar-refractivity contribution in [2.24, 2.45) is 0 Å². The smallest absolute Gasteiger partial charge is 0.326 e. The Balaban J connectivity index is 2.87. The molecule has 112 valence electrons. The molecule has 0 aliphatic rings. The van der Waals surface area contributed by atoms with Gasteiger partial charge in [0, 0.05) is 17.7 Å². The first-order valence-electron chi connectivity index (χ1n) is 6.22. The Morgan fingerprint density at radius 3 is 2.62 bits per heavy atom. The van der Waals surface area contributed by atoms with Crippen molar-refractivity contribution in [1.82, 2.24) is 5.32 Å². The minimum atomic E-state index is -1.16. The molecular formula is C14H16N2O5. The third kappa shape index (κ3) is 5.06. The maximum atomic E-state index is 12.0. The zero-order valence-corrected chi connectivity index (χ0v) is 11.7. The van der Waals surface area contributed by atoms with Crippen LogP contribution in [0.1, 0.15) is 30.6 Å². The Labute approximate surface area is 121 Å². The maximum Gasteiger partial charge on any atom is 0.326 e. The molecule has 0 aliphatic heterocycles. The van der Waals surface area contributed by atoms with Gasteiger partial charge in [0.2, 0.25) is 0 Å². The zero-order valence-electron chi connectivity index (χ0n) is 11.7. The Bertz CT molecular complexity index is 591. The summed E-state index contributed by atoms with van der Waals surface area (Å²) in [5, 5.41) is 22.1. The highest BCUT2D eigenvalue weighted by Crippen LogP contribution is 2.13. The Morgan fingerprint density at radius 1 is 1.43 bits per heavy atom. The highest BCUT2D eigenvalue weighted by Gasteiger charge is 2.20. The van der Waals surface area contributed by atoms with E-state index in [1.54, 1.807) is 6.08 Å². The fraction of sp³-hybridized carbons (Fsp3) is 0.286. The van der Waals surface area contributed by atoms with Crippen LogP contribution in [0.5, 0.6) is 0 Å². The van der Waals surface area contributed by atoms with Crippen LogP contribution in [0.2, 0.25) is 0 Å². The van der Waals surface area contributed by atoms with Crippen molar-refractivity contribution >= 4 is 17.6 Å². The van der Waals surface area contributed by atoms with Gasteiger partial charge in [0.1, 0.15) is 6.04 Å². The zero-order chi connectivity index (χ0) is 16.0. The number of hydrogen-bond acceptors (Lipinski definition) is 4. The minimum absolute atomic E-state index is 0.0488. The van der Waals surface area contributed by atoms with Gasteiger partial charge in [0.15, 0.2) is 0 Å². The van der Waals surface area contributed by atoms with Crippen molar-refractivity contribution in [3.8, 4) is 0 Å². The van der Waals surface area contributed by atoms with Crippen molar-refractivity contribution in [2.75, 3.05) is 0 Å². The summed E-state index contributed by atoms with van der Waals surface area (Å²) in [6.07, 6.45) is 1.85. The molecule has 0 aliphatic carbocycles. The molecule has 0 saturated heterocycles. The minimum Gasteiger partial charge on any atom is -0.480 e. The maximum absolute atomic E-state index is 12.0. The van der Waals surface area contributed by atoms with Crippen LogP contribution < -0.4 is 5.32 Å². The number of hydrogen-bond donors (Lipinski definition) is 2. The predicted molar refractivity (Wildman–Crippen MR) is 76.0 cm³/mol. The second-order valence-electron chi connectivity index (χ2n) is 4.69. The molecule has 2 N–H and O–H groups in total. The highest BCUT2D eigenvalue weighted by molar-refractivity contribution is 5.97. The van der Waals surface area contributed by atoms with Crippen LogP contribution in [0.15, 0.2) is 35.9 Å². The Kier molecular flexibility index (Phi) is 5.59. The molecule has 0 fully saturated rings. The summed E-state index contributed by atoms with van der Waals surface area (Å²) in [7, 11) is 0. The van der Waals surface area contributed by atoms with E-state index in [4.69, 9.17) is 5.11 Å². The normalized spacial score (nSPS) is 11.3. The number of benzene rings is 1. The van der Waals surface area contributed by atoms with Gasteiger partial charge in [-0.2, -0.15) is 0 Å². The molecular weight excluding hydrogens is 276 g/mol. The number of allylic oxidation sites excluding steroid dienone is 1. The van der Waals surface area contributed by atoms with E-state index in [1.165, 1.54) is 18.2 Å². The van der Waals surface area contributed by atoms with Crippen molar-refractivity contribution in [1.29, 1.82) is 0 Å². The van der Waals surface area contributed by atoms with Gasteiger partial charge in [0.25, 0.3) is 11.6 Å². The van der Waals surface area contributed by atoms with Crippen molar-refractivity contribution < 1.29 is 19.6 Å². The van der Waals surface area contributed by atoms with Gasteiger partial charge in [-0.15, -0.1) is 0 Å². The lowest BCUT2D eigenvalue weighted by Gasteiger charge is -2.13. The number of carboxylic acid groups (broad SMARTS) is 1. The summed E-state index contributed by atoms with van der Waals surface area (Å²) in [6.45, 7) is 3.64. The quantitative estimate of drug-likeness (QED) is 0.474. The topological polar surface area (TPSA) is 110 Å². The number of carboxylic acids is 1. The molecule has 1 amide bonds. The van der Waals surface area contributed by atoms with E-state index in [9.17, 15) is 19.7 Å². The summed E-state index contributed by atoms with van der Waals surface area (Å²) < 4.78 is 0. The number of carbonyl (C=O) groups is 2. The molecule has 0 bridgehead atoms. The standard InChI is InChI=1S/C14H16N2O5/c1-9(2)6-7-12(14(18)19)15-13(17)10-4-3-5-11(8-10)16(20)21/h3-6,8,12H,7H2,1-2H3,(H,15,17)(H,18,19)/t12-/m1/s1. The van der Waals surface area contributed by atoms with Crippen LogP contribution in [-0.4, -0.2) is 27.9 Å². The molecule has 21 heavy (non-hydrogen) atoms. The van der Waals surface area contributed by atoms with Crippen LogP contribution in [0, 0.1) is 10.1 Å². The van der Waals surface area contributed by atoms with E-state index >= 15 is 0 Å². The highest BCUT2D eigenvalue weighted by atomic mass is 16.6. The van der Waals surface area contributed by atoms with E-state index in [2.05, 4.69) is 5.32 Å². The van der Waals surface area contributed by atoms with Crippen LogP contribution in [-0.2, 0) is 4.79 Å².